The van der Waals surface area contributed by atoms with Crippen LogP contribution in [-0.2, 0) is 18.6 Å². The fourth-order valence-corrected chi connectivity index (χ4v) is 1.03. The number of phosphoric acid groups is 1. The van der Waals surface area contributed by atoms with Crippen LogP contribution in [0.15, 0.2) is 11.6 Å². The maximum atomic E-state index is 10.5. The molecule has 0 spiro atoms. The minimum atomic E-state index is -4.58. The van der Waals surface area contributed by atoms with Gasteiger partial charge in [-0.25, -0.2) is 9.36 Å². The largest absolute Gasteiger partial charge is 0.469 e. The van der Waals surface area contributed by atoms with Gasteiger partial charge in [0.1, 0.15) is 0 Å². The van der Waals surface area contributed by atoms with Crippen molar-refractivity contribution in [3.8, 4) is 0 Å². The van der Waals surface area contributed by atoms with Gasteiger partial charge in [0.15, 0.2) is 0 Å². The third kappa shape index (κ3) is 3.25. The van der Waals surface area contributed by atoms with Crippen molar-refractivity contribution in [3.05, 3.63) is 11.6 Å². The molecule has 7 nitrogen and oxygen atoms in total. The van der Waals surface area contributed by atoms with E-state index >= 15 is 0 Å². The van der Waals surface area contributed by atoms with E-state index in [4.69, 9.17) is 14.9 Å². The lowest BCUT2D eigenvalue weighted by atomic mass is 10.3. The number of hydrogen-bond donors (Lipinski definition) is 3. The van der Waals surface area contributed by atoms with Gasteiger partial charge in [-0.3, -0.25) is 4.52 Å². The Morgan fingerprint density at radius 1 is 1.62 bits per heavy atom. The van der Waals surface area contributed by atoms with E-state index in [-0.39, 0.29) is 5.57 Å². The van der Waals surface area contributed by atoms with Gasteiger partial charge in [0.05, 0.1) is 6.61 Å². The van der Waals surface area contributed by atoms with Gasteiger partial charge < -0.3 is 19.6 Å². The Morgan fingerprint density at radius 2 is 2.23 bits per heavy atom. The molecule has 0 aromatic heterocycles. The van der Waals surface area contributed by atoms with Gasteiger partial charge in [-0.2, -0.15) is 0 Å². The summed E-state index contributed by atoms with van der Waals surface area (Å²) < 4.78 is 18.5. The molecule has 0 saturated carbocycles. The fraction of sp³-hybridized carbons (Fsp3) is 0.400. The molecule has 1 unspecified atom stereocenters. The molecule has 0 saturated heterocycles. The van der Waals surface area contributed by atoms with E-state index in [2.05, 4.69) is 9.26 Å². The van der Waals surface area contributed by atoms with Crippen molar-refractivity contribution in [2.75, 3.05) is 6.61 Å². The lowest BCUT2D eigenvalue weighted by Crippen LogP contribution is -2.13. The summed E-state index contributed by atoms with van der Waals surface area (Å²) in [6.07, 6.45) is -0.556. The molecule has 1 aliphatic rings. The number of rotatable bonds is 3. The van der Waals surface area contributed by atoms with Gasteiger partial charge in [-0.05, 0) is 0 Å². The number of esters is 1. The van der Waals surface area contributed by atoms with Crippen molar-refractivity contribution in [2.45, 2.75) is 6.29 Å². The zero-order chi connectivity index (χ0) is 10.1. The molecular weight excluding hydrogens is 203 g/mol. The third-order valence-corrected chi connectivity index (χ3v) is 1.71. The Hall–Kier alpha value is -0.720. The second kappa shape index (κ2) is 3.57. The second-order valence-corrected chi connectivity index (χ2v) is 3.51. The molecule has 0 radical (unpaired) electrons. The van der Waals surface area contributed by atoms with Gasteiger partial charge in [0.2, 0.25) is 6.29 Å². The SMILES string of the molecule is O=C1C=C(COP(=O)(O)O)C(O)O1. The van der Waals surface area contributed by atoms with Crippen LogP contribution < -0.4 is 0 Å². The summed E-state index contributed by atoms with van der Waals surface area (Å²) in [4.78, 5) is 27.0. The Kier molecular flexibility index (Phi) is 2.84. The highest BCUT2D eigenvalue weighted by molar-refractivity contribution is 7.46. The molecule has 0 aromatic rings. The summed E-state index contributed by atoms with van der Waals surface area (Å²) in [5.74, 6) is -0.767. The monoisotopic (exact) mass is 210 g/mol. The van der Waals surface area contributed by atoms with Crippen molar-refractivity contribution >= 4 is 13.8 Å². The van der Waals surface area contributed by atoms with Crippen molar-refractivity contribution in [1.29, 1.82) is 0 Å². The number of phosphoric ester groups is 1. The van der Waals surface area contributed by atoms with E-state index in [1.54, 1.807) is 0 Å². The number of ether oxygens (including phenoxy) is 1. The average molecular weight is 210 g/mol. The first-order valence-corrected chi connectivity index (χ1v) is 4.71. The van der Waals surface area contributed by atoms with E-state index < -0.39 is 26.7 Å². The molecule has 3 N–H and O–H groups in total. The Balaban J connectivity index is 2.51. The van der Waals surface area contributed by atoms with Crippen molar-refractivity contribution in [3.63, 3.8) is 0 Å². The Bertz CT molecular complexity index is 289. The predicted octanol–water partition coefficient (Wildman–Crippen LogP) is -1.10. The van der Waals surface area contributed by atoms with Crippen LogP contribution in [-0.4, -0.2) is 33.8 Å². The summed E-state index contributed by atoms with van der Waals surface area (Å²) in [5.41, 5.74) is -0.0201. The number of carbonyl (C=O) groups excluding carboxylic acids is 1. The Morgan fingerprint density at radius 3 is 2.62 bits per heavy atom. The molecule has 1 aliphatic heterocycles. The summed E-state index contributed by atoms with van der Waals surface area (Å²) >= 11 is 0. The fourth-order valence-electron chi connectivity index (χ4n) is 0.714. The molecule has 1 heterocycles. The topological polar surface area (TPSA) is 113 Å². The third-order valence-electron chi connectivity index (χ3n) is 1.25. The van der Waals surface area contributed by atoms with Crippen molar-refractivity contribution < 1.29 is 33.5 Å². The van der Waals surface area contributed by atoms with Crippen LogP contribution in [0, 0.1) is 0 Å². The predicted molar refractivity (Wildman–Crippen MR) is 38.2 cm³/mol. The van der Waals surface area contributed by atoms with E-state index in [0.29, 0.717) is 0 Å². The molecule has 8 heteroatoms. The number of hydrogen-bond acceptors (Lipinski definition) is 5. The molecule has 1 atom stereocenters. The average Bonchev–Trinajstić information content (AvgIpc) is 2.24. The normalized spacial score (nSPS) is 22.8. The van der Waals surface area contributed by atoms with E-state index in [1.807, 2.05) is 0 Å². The standard InChI is InChI=1S/C5H7O7P/c6-4-1-3(5(7)12-4)2-11-13(8,9)10/h1,5,7H,2H2,(H2,8,9,10). The van der Waals surface area contributed by atoms with E-state index in [0.717, 1.165) is 6.08 Å². The number of aliphatic hydroxyl groups excluding tert-OH is 1. The summed E-state index contributed by atoms with van der Waals surface area (Å²) in [6, 6.07) is 0. The smallest absolute Gasteiger partial charge is 0.429 e. The van der Waals surface area contributed by atoms with Crippen molar-refractivity contribution in [1.82, 2.24) is 0 Å². The summed E-state index contributed by atoms with van der Waals surface area (Å²) in [6.45, 7) is -0.544. The molecule has 0 bridgehead atoms. The maximum Gasteiger partial charge on any atom is 0.469 e. The lowest BCUT2D eigenvalue weighted by molar-refractivity contribution is -0.151. The molecule has 0 aliphatic carbocycles. The van der Waals surface area contributed by atoms with Crippen LogP contribution in [0.5, 0.6) is 0 Å². The number of aliphatic hydroxyl groups is 1. The zero-order valence-corrected chi connectivity index (χ0v) is 7.18. The van der Waals surface area contributed by atoms with Crippen LogP contribution in [0.1, 0.15) is 0 Å². The summed E-state index contributed by atoms with van der Waals surface area (Å²) in [5, 5.41) is 8.91. The zero-order valence-electron chi connectivity index (χ0n) is 6.28. The van der Waals surface area contributed by atoms with Crippen LogP contribution in [0.2, 0.25) is 0 Å². The quantitative estimate of drug-likeness (QED) is 0.400. The van der Waals surface area contributed by atoms with E-state index in [1.165, 1.54) is 0 Å². The Labute approximate surface area is 72.8 Å². The highest BCUT2D eigenvalue weighted by atomic mass is 31.2. The number of cyclic esters (lactones) is 1. The molecule has 0 fully saturated rings. The van der Waals surface area contributed by atoms with E-state index in [9.17, 15) is 9.36 Å². The van der Waals surface area contributed by atoms with Crippen LogP contribution in [0.4, 0.5) is 0 Å². The highest BCUT2D eigenvalue weighted by Crippen LogP contribution is 2.36. The summed E-state index contributed by atoms with van der Waals surface area (Å²) in [7, 11) is -4.58. The van der Waals surface area contributed by atoms with Gasteiger partial charge >= 0.3 is 13.8 Å². The van der Waals surface area contributed by atoms with Gasteiger partial charge in [-0.1, -0.05) is 0 Å². The van der Waals surface area contributed by atoms with Gasteiger partial charge in [0, 0.05) is 11.6 Å². The molecule has 0 aromatic carbocycles. The van der Waals surface area contributed by atoms with Gasteiger partial charge in [0.25, 0.3) is 0 Å². The minimum absolute atomic E-state index is 0.0201. The molecular formula is C5H7O7P. The highest BCUT2D eigenvalue weighted by Gasteiger charge is 2.26. The second-order valence-electron chi connectivity index (χ2n) is 2.27. The van der Waals surface area contributed by atoms with Crippen LogP contribution >= 0.6 is 7.82 Å². The maximum absolute atomic E-state index is 10.5. The number of carbonyl (C=O) groups is 1. The van der Waals surface area contributed by atoms with Crippen LogP contribution in [0.3, 0.4) is 0 Å². The first kappa shape index (κ1) is 10.4. The van der Waals surface area contributed by atoms with Gasteiger partial charge in [-0.15, -0.1) is 0 Å². The van der Waals surface area contributed by atoms with Crippen LogP contribution in [0.25, 0.3) is 0 Å². The minimum Gasteiger partial charge on any atom is -0.429 e. The molecule has 0 amide bonds. The lowest BCUT2D eigenvalue weighted by Gasteiger charge is -2.08. The molecule has 13 heavy (non-hydrogen) atoms. The first-order chi connectivity index (χ1) is 5.88. The first-order valence-electron chi connectivity index (χ1n) is 3.18. The molecule has 1 rings (SSSR count). The van der Waals surface area contributed by atoms with Crippen molar-refractivity contribution in [2.24, 2.45) is 0 Å². The molecule has 74 valence electrons.